The zero-order chi connectivity index (χ0) is 19.0. The Morgan fingerprint density at radius 1 is 1.16 bits per heavy atom. The maximum Gasteiger partial charge on any atom is 0.355 e. The van der Waals surface area contributed by atoms with Crippen molar-refractivity contribution in [2.24, 2.45) is 5.92 Å². The molecule has 0 saturated carbocycles. The minimum Gasteiger partial charge on any atom is -0.493 e. The quantitative estimate of drug-likeness (QED) is 0.439. The Morgan fingerprint density at radius 2 is 1.80 bits per heavy atom. The van der Waals surface area contributed by atoms with Gasteiger partial charge in [-0.05, 0) is 24.1 Å². The molecule has 0 bridgehead atoms. The van der Waals surface area contributed by atoms with Crippen LogP contribution in [0.5, 0.6) is 11.5 Å². The second-order valence-electron chi connectivity index (χ2n) is 5.02. The summed E-state index contributed by atoms with van der Waals surface area (Å²) in [5, 5.41) is 17.4. The van der Waals surface area contributed by atoms with Crippen molar-refractivity contribution >= 4 is 17.9 Å². The Bertz CT molecular complexity index is 683. The van der Waals surface area contributed by atoms with Gasteiger partial charge in [0.2, 0.25) is 0 Å². The number of methoxy groups -OCH3 is 2. The van der Waals surface area contributed by atoms with E-state index >= 15 is 0 Å². The molecule has 0 saturated heterocycles. The number of hydrogen-bond donors (Lipinski definition) is 3. The first-order valence-electron chi connectivity index (χ1n) is 7.14. The number of carbonyl (C=O) groups excluding carboxylic acids is 1. The Morgan fingerprint density at radius 3 is 2.32 bits per heavy atom. The monoisotopic (exact) mass is 353 g/mol. The van der Waals surface area contributed by atoms with Crippen LogP contribution in [0.25, 0.3) is 0 Å². The molecule has 1 unspecified atom stereocenters. The third kappa shape index (κ3) is 6.05. The molecule has 3 N–H and O–H groups in total. The Balaban J connectivity index is 2.71. The minimum atomic E-state index is -1.57. The predicted molar refractivity (Wildman–Crippen MR) is 85.0 cm³/mol. The van der Waals surface area contributed by atoms with Crippen molar-refractivity contribution in [3.63, 3.8) is 0 Å². The molecule has 0 aliphatic heterocycles. The van der Waals surface area contributed by atoms with Crippen molar-refractivity contribution in [3.05, 3.63) is 35.5 Å². The lowest BCUT2D eigenvalue weighted by Crippen LogP contribution is -2.28. The molecule has 0 aliphatic rings. The van der Waals surface area contributed by atoms with Gasteiger partial charge in [0.1, 0.15) is 0 Å². The lowest BCUT2D eigenvalue weighted by Gasteiger charge is -2.14. The van der Waals surface area contributed by atoms with Crippen molar-refractivity contribution in [1.29, 1.82) is 0 Å². The van der Waals surface area contributed by atoms with Gasteiger partial charge < -0.3 is 24.5 Å². The van der Waals surface area contributed by atoms with E-state index in [9.17, 15) is 14.4 Å². The smallest absolute Gasteiger partial charge is 0.355 e. The molecule has 136 valence electrons. The van der Waals surface area contributed by atoms with Crippen LogP contribution in [0, 0.1) is 5.92 Å². The van der Waals surface area contributed by atoms with Gasteiger partial charge in [-0.3, -0.25) is 0 Å². The standard InChI is InChI=1S/C16H19NO8/c1-9(6-10-4-5-12(23-2)13(7-10)24-3)16(22)25-17-11(15(20)21)8-14(18)19/h4-5,7-9,17H,6H2,1-3H3,(H,18,19)(H,20,21). The van der Waals surface area contributed by atoms with Gasteiger partial charge in [0.15, 0.2) is 17.2 Å². The van der Waals surface area contributed by atoms with Crippen molar-refractivity contribution in [1.82, 2.24) is 5.48 Å². The summed E-state index contributed by atoms with van der Waals surface area (Å²) >= 11 is 0. The van der Waals surface area contributed by atoms with Gasteiger partial charge in [0, 0.05) is 0 Å². The first kappa shape index (κ1) is 19.8. The van der Waals surface area contributed by atoms with E-state index in [-0.39, 0.29) is 0 Å². The van der Waals surface area contributed by atoms with Crippen LogP contribution in [0.4, 0.5) is 0 Å². The van der Waals surface area contributed by atoms with E-state index in [1.807, 2.05) is 5.48 Å². The van der Waals surface area contributed by atoms with E-state index in [1.165, 1.54) is 14.2 Å². The highest BCUT2D eigenvalue weighted by molar-refractivity contribution is 5.94. The summed E-state index contributed by atoms with van der Waals surface area (Å²) in [6.45, 7) is 1.59. The van der Waals surface area contributed by atoms with E-state index < -0.39 is 29.5 Å². The summed E-state index contributed by atoms with van der Waals surface area (Å²) in [5.41, 5.74) is 1.86. The highest BCUT2D eigenvalue weighted by atomic mass is 16.7. The normalized spacial score (nSPS) is 12.0. The molecule has 0 amide bonds. The summed E-state index contributed by atoms with van der Waals surface area (Å²) < 4.78 is 10.3. The number of nitrogens with one attached hydrogen (secondary N) is 1. The highest BCUT2D eigenvalue weighted by Gasteiger charge is 2.19. The first-order valence-corrected chi connectivity index (χ1v) is 7.14. The summed E-state index contributed by atoms with van der Waals surface area (Å²) in [4.78, 5) is 37.9. The molecule has 9 heteroatoms. The van der Waals surface area contributed by atoms with Crippen LogP contribution in [0.1, 0.15) is 12.5 Å². The number of benzene rings is 1. The maximum absolute atomic E-state index is 11.9. The Hall–Kier alpha value is -3.23. The fourth-order valence-electron chi connectivity index (χ4n) is 1.91. The molecule has 1 rings (SSSR count). The topological polar surface area (TPSA) is 131 Å². The molecule has 1 atom stereocenters. The zero-order valence-corrected chi connectivity index (χ0v) is 13.9. The average molecular weight is 353 g/mol. The number of hydrogen-bond acceptors (Lipinski definition) is 7. The average Bonchev–Trinajstić information content (AvgIpc) is 2.57. The maximum atomic E-state index is 11.9. The highest BCUT2D eigenvalue weighted by Crippen LogP contribution is 2.28. The first-order chi connectivity index (χ1) is 11.8. The summed E-state index contributed by atoms with van der Waals surface area (Å²) in [6.07, 6.45) is 0.681. The van der Waals surface area contributed by atoms with Crippen LogP contribution in [-0.2, 0) is 25.6 Å². The molecule has 9 nitrogen and oxygen atoms in total. The SMILES string of the molecule is COc1ccc(CC(C)C(=O)ONC(=CC(=O)O)C(=O)O)cc1OC. The molecular formula is C16H19NO8. The Labute approximate surface area is 143 Å². The minimum absolute atomic E-state index is 0.298. The molecule has 1 aromatic carbocycles. The van der Waals surface area contributed by atoms with Gasteiger partial charge in [-0.25, -0.2) is 19.9 Å². The van der Waals surface area contributed by atoms with Gasteiger partial charge in [-0.1, -0.05) is 13.0 Å². The van der Waals surface area contributed by atoms with Gasteiger partial charge in [-0.15, -0.1) is 0 Å². The lowest BCUT2D eigenvalue weighted by atomic mass is 10.0. The fraction of sp³-hybridized carbons (Fsp3) is 0.312. The number of carboxylic acid groups (broad SMARTS) is 2. The zero-order valence-electron chi connectivity index (χ0n) is 13.9. The van der Waals surface area contributed by atoms with Gasteiger partial charge >= 0.3 is 17.9 Å². The molecule has 0 heterocycles. The van der Waals surface area contributed by atoms with Gasteiger partial charge in [-0.2, -0.15) is 0 Å². The third-order valence-corrected chi connectivity index (χ3v) is 3.15. The van der Waals surface area contributed by atoms with Crippen LogP contribution in [0.3, 0.4) is 0 Å². The van der Waals surface area contributed by atoms with Gasteiger partial charge in [0.25, 0.3) is 0 Å². The molecule has 0 aromatic heterocycles. The molecule has 1 aromatic rings. The van der Waals surface area contributed by atoms with E-state index in [0.29, 0.717) is 24.0 Å². The Kier molecular flexibility index (Phi) is 7.26. The van der Waals surface area contributed by atoms with E-state index in [4.69, 9.17) is 19.7 Å². The van der Waals surface area contributed by atoms with Crippen LogP contribution in [0.15, 0.2) is 30.0 Å². The predicted octanol–water partition coefficient (Wildman–Crippen LogP) is 0.983. The molecule has 0 radical (unpaired) electrons. The molecular weight excluding hydrogens is 334 g/mol. The number of hydroxylamine groups is 1. The third-order valence-electron chi connectivity index (χ3n) is 3.15. The van der Waals surface area contributed by atoms with Crippen LogP contribution < -0.4 is 15.0 Å². The summed E-state index contributed by atoms with van der Waals surface area (Å²) in [7, 11) is 3.00. The second-order valence-corrected chi connectivity index (χ2v) is 5.02. The van der Waals surface area contributed by atoms with Crippen molar-refractivity contribution in [3.8, 4) is 11.5 Å². The molecule has 25 heavy (non-hydrogen) atoms. The van der Waals surface area contributed by atoms with Crippen molar-refractivity contribution < 1.29 is 38.9 Å². The van der Waals surface area contributed by atoms with E-state index in [0.717, 1.165) is 5.56 Å². The fourth-order valence-corrected chi connectivity index (χ4v) is 1.91. The number of aliphatic carboxylic acids is 2. The van der Waals surface area contributed by atoms with Crippen molar-refractivity contribution in [2.45, 2.75) is 13.3 Å². The van der Waals surface area contributed by atoms with E-state index in [1.54, 1.807) is 25.1 Å². The van der Waals surface area contributed by atoms with Crippen LogP contribution in [0.2, 0.25) is 0 Å². The number of carbonyl (C=O) groups is 3. The molecule has 0 fully saturated rings. The number of rotatable bonds is 9. The van der Waals surface area contributed by atoms with Crippen LogP contribution in [-0.4, -0.2) is 42.3 Å². The van der Waals surface area contributed by atoms with Crippen LogP contribution >= 0.6 is 0 Å². The largest absolute Gasteiger partial charge is 0.493 e. The summed E-state index contributed by atoms with van der Waals surface area (Å²) in [5.74, 6) is -3.36. The lowest BCUT2D eigenvalue weighted by molar-refractivity contribution is -0.155. The molecule has 0 aliphatic carbocycles. The molecule has 0 spiro atoms. The van der Waals surface area contributed by atoms with Crippen molar-refractivity contribution in [2.75, 3.05) is 14.2 Å². The summed E-state index contributed by atoms with van der Waals surface area (Å²) in [6, 6.07) is 5.16. The van der Waals surface area contributed by atoms with Gasteiger partial charge in [0.05, 0.1) is 26.2 Å². The number of ether oxygens (including phenoxy) is 2. The number of carboxylic acids is 2. The van der Waals surface area contributed by atoms with E-state index in [2.05, 4.69) is 4.84 Å². The second kappa shape index (κ2) is 9.16.